The van der Waals surface area contributed by atoms with Crippen LogP contribution in [0.1, 0.15) is 47.7 Å². The number of halogens is 1. The third-order valence-corrected chi connectivity index (χ3v) is 7.17. The largest absolute Gasteiger partial charge is 0.481 e. The number of carboxylic acids is 1. The van der Waals surface area contributed by atoms with Crippen molar-refractivity contribution in [2.75, 3.05) is 0 Å². The van der Waals surface area contributed by atoms with Gasteiger partial charge in [-0.2, -0.15) is 5.10 Å². The smallest absolute Gasteiger partial charge is 0.303 e. The van der Waals surface area contributed by atoms with E-state index in [2.05, 4.69) is 47.1 Å². The Balaban J connectivity index is 1.69. The molecule has 1 atom stereocenters. The van der Waals surface area contributed by atoms with Gasteiger partial charge in [-0.05, 0) is 49.2 Å². The molecule has 0 aliphatic carbocycles. The van der Waals surface area contributed by atoms with Gasteiger partial charge < -0.3 is 5.11 Å². The second-order valence-electron chi connectivity index (χ2n) is 9.28. The Bertz CT molecular complexity index is 1530. The lowest BCUT2D eigenvalue weighted by molar-refractivity contribution is -0.141. The zero-order valence-electron chi connectivity index (χ0n) is 20.6. The van der Waals surface area contributed by atoms with Crippen LogP contribution in [0.15, 0.2) is 82.4 Å². The number of amides is 1. The molecule has 1 aromatic heterocycles. The standard InChI is InChI=1S/C30H26BrN3O3/c1-18-8-13-24-23(16-18)30(21-6-4-3-5-7-21)29(19(2)32-24)25-17-26(20-9-11-22(31)12-10-20)34(33-25)27(35)14-15-28(36)37/h3-13,16,26H,14-15,17H2,1-2H3,(H,36,37)/t26-/m1/s1. The average Bonchev–Trinajstić information content (AvgIpc) is 3.32. The number of fused-ring (bicyclic) bond motifs is 1. The normalized spacial score (nSPS) is 15.2. The van der Waals surface area contributed by atoms with Gasteiger partial charge in [-0.1, -0.05) is 70.0 Å². The van der Waals surface area contributed by atoms with Crippen LogP contribution < -0.4 is 0 Å². The van der Waals surface area contributed by atoms with E-state index >= 15 is 0 Å². The van der Waals surface area contributed by atoms with Gasteiger partial charge in [0.25, 0.3) is 0 Å². The Morgan fingerprint density at radius 2 is 1.70 bits per heavy atom. The van der Waals surface area contributed by atoms with E-state index in [1.54, 1.807) is 0 Å². The molecule has 1 amide bonds. The van der Waals surface area contributed by atoms with Crippen molar-refractivity contribution in [3.05, 3.63) is 99.7 Å². The Morgan fingerprint density at radius 3 is 2.41 bits per heavy atom. The van der Waals surface area contributed by atoms with E-state index in [4.69, 9.17) is 15.2 Å². The molecule has 1 N–H and O–H groups in total. The second kappa shape index (κ2) is 10.3. The summed E-state index contributed by atoms with van der Waals surface area (Å²) in [4.78, 5) is 29.3. The fourth-order valence-electron chi connectivity index (χ4n) is 4.92. The number of nitrogens with zero attached hydrogens (tertiary/aromatic N) is 3. The van der Waals surface area contributed by atoms with Gasteiger partial charge in [-0.3, -0.25) is 14.6 Å². The number of carboxylic acid groups (broad SMARTS) is 1. The molecule has 7 heteroatoms. The lowest BCUT2D eigenvalue weighted by Crippen LogP contribution is -2.27. The molecule has 2 heterocycles. The highest BCUT2D eigenvalue weighted by Crippen LogP contribution is 2.40. The monoisotopic (exact) mass is 555 g/mol. The summed E-state index contributed by atoms with van der Waals surface area (Å²) in [5, 5.41) is 16.5. The fourth-order valence-corrected chi connectivity index (χ4v) is 5.19. The second-order valence-corrected chi connectivity index (χ2v) is 10.2. The van der Waals surface area contributed by atoms with E-state index in [1.807, 2.05) is 55.5 Å². The molecule has 6 nitrogen and oxygen atoms in total. The van der Waals surface area contributed by atoms with E-state index < -0.39 is 5.97 Å². The van der Waals surface area contributed by atoms with Crippen molar-refractivity contribution in [2.24, 2.45) is 5.10 Å². The minimum Gasteiger partial charge on any atom is -0.481 e. The predicted octanol–water partition coefficient (Wildman–Crippen LogP) is 6.82. The summed E-state index contributed by atoms with van der Waals surface area (Å²) < 4.78 is 0.940. The topological polar surface area (TPSA) is 82.9 Å². The number of aromatic nitrogens is 1. The Labute approximate surface area is 223 Å². The molecule has 0 bridgehead atoms. The minimum absolute atomic E-state index is 0.112. The fraction of sp³-hybridized carbons (Fsp3) is 0.200. The summed E-state index contributed by atoms with van der Waals surface area (Å²) >= 11 is 3.48. The van der Waals surface area contributed by atoms with E-state index in [0.717, 1.165) is 54.6 Å². The van der Waals surface area contributed by atoms with Crippen LogP contribution in [0.2, 0.25) is 0 Å². The quantitative estimate of drug-likeness (QED) is 0.283. The van der Waals surface area contributed by atoms with E-state index in [9.17, 15) is 9.59 Å². The van der Waals surface area contributed by atoms with Crippen LogP contribution in [0.25, 0.3) is 22.0 Å². The molecule has 1 aliphatic heterocycles. The number of aryl methyl sites for hydroxylation is 2. The van der Waals surface area contributed by atoms with Gasteiger partial charge in [0.05, 0.1) is 23.7 Å². The van der Waals surface area contributed by atoms with Crippen molar-refractivity contribution < 1.29 is 14.7 Å². The van der Waals surface area contributed by atoms with Crippen molar-refractivity contribution in [3.63, 3.8) is 0 Å². The molecule has 0 spiro atoms. The number of carbonyl (C=O) groups is 2. The number of hydrogen-bond donors (Lipinski definition) is 1. The minimum atomic E-state index is -1.01. The number of pyridine rings is 1. The molecule has 5 rings (SSSR count). The van der Waals surface area contributed by atoms with Gasteiger partial charge in [0.2, 0.25) is 5.91 Å². The molecule has 0 radical (unpaired) electrons. The van der Waals surface area contributed by atoms with Crippen LogP contribution >= 0.6 is 15.9 Å². The van der Waals surface area contributed by atoms with Crippen LogP contribution in [0.4, 0.5) is 0 Å². The third kappa shape index (κ3) is 5.04. The summed E-state index contributed by atoms with van der Waals surface area (Å²) in [6.45, 7) is 4.04. The Morgan fingerprint density at radius 1 is 0.973 bits per heavy atom. The molecule has 0 saturated heterocycles. The van der Waals surface area contributed by atoms with Crippen LogP contribution in [0, 0.1) is 13.8 Å². The van der Waals surface area contributed by atoms with Crippen molar-refractivity contribution in [2.45, 2.75) is 39.2 Å². The molecule has 3 aromatic carbocycles. The van der Waals surface area contributed by atoms with Crippen molar-refractivity contribution in [1.82, 2.24) is 9.99 Å². The first-order chi connectivity index (χ1) is 17.8. The van der Waals surface area contributed by atoms with Gasteiger partial charge in [-0.25, -0.2) is 5.01 Å². The van der Waals surface area contributed by atoms with Crippen LogP contribution in [-0.2, 0) is 9.59 Å². The lowest BCUT2D eigenvalue weighted by atomic mass is 9.89. The van der Waals surface area contributed by atoms with Crippen molar-refractivity contribution in [1.29, 1.82) is 0 Å². The predicted molar refractivity (Wildman–Crippen MR) is 148 cm³/mol. The first-order valence-corrected chi connectivity index (χ1v) is 12.9. The zero-order chi connectivity index (χ0) is 26.1. The maximum absolute atomic E-state index is 13.2. The van der Waals surface area contributed by atoms with Gasteiger partial charge in [0, 0.05) is 39.5 Å². The molecular formula is C30H26BrN3O3. The number of hydrogen-bond acceptors (Lipinski definition) is 4. The van der Waals surface area contributed by atoms with E-state index in [0.29, 0.717) is 6.42 Å². The molecule has 0 fully saturated rings. The van der Waals surface area contributed by atoms with Crippen LogP contribution in [-0.4, -0.2) is 32.7 Å². The first-order valence-electron chi connectivity index (χ1n) is 12.2. The molecular weight excluding hydrogens is 530 g/mol. The van der Waals surface area contributed by atoms with E-state index in [-0.39, 0.29) is 24.8 Å². The molecule has 4 aromatic rings. The molecule has 0 saturated carbocycles. The molecule has 1 aliphatic rings. The highest BCUT2D eigenvalue weighted by Gasteiger charge is 2.35. The highest BCUT2D eigenvalue weighted by atomic mass is 79.9. The Hall–Kier alpha value is -3.84. The number of rotatable bonds is 6. The first kappa shape index (κ1) is 24.8. The molecule has 186 valence electrons. The van der Waals surface area contributed by atoms with Gasteiger partial charge in [-0.15, -0.1) is 0 Å². The van der Waals surface area contributed by atoms with Crippen molar-refractivity contribution >= 4 is 44.4 Å². The van der Waals surface area contributed by atoms with E-state index in [1.165, 1.54) is 5.01 Å². The lowest BCUT2D eigenvalue weighted by Gasteiger charge is -2.22. The summed E-state index contributed by atoms with van der Waals surface area (Å²) in [6, 6.07) is 23.9. The van der Waals surface area contributed by atoms with Crippen LogP contribution in [0.5, 0.6) is 0 Å². The SMILES string of the molecule is Cc1ccc2nc(C)c(C3=NN(C(=O)CCC(=O)O)[C@@H](c4ccc(Br)cc4)C3)c(-c3ccccc3)c2c1. The summed E-state index contributed by atoms with van der Waals surface area (Å²) in [7, 11) is 0. The average molecular weight is 556 g/mol. The summed E-state index contributed by atoms with van der Waals surface area (Å²) in [5.74, 6) is -1.32. The maximum atomic E-state index is 13.2. The van der Waals surface area contributed by atoms with Gasteiger partial charge in [0.15, 0.2) is 0 Å². The highest BCUT2D eigenvalue weighted by molar-refractivity contribution is 9.10. The van der Waals surface area contributed by atoms with Crippen LogP contribution in [0.3, 0.4) is 0 Å². The number of benzene rings is 3. The van der Waals surface area contributed by atoms with Gasteiger partial charge in [0.1, 0.15) is 0 Å². The maximum Gasteiger partial charge on any atom is 0.303 e. The number of carbonyl (C=O) groups excluding carboxylic acids is 1. The number of aliphatic carboxylic acids is 1. The summed E-state index contributed by atoms with van der Waals surface area (Å²) in [5.41, 5.74) is 7.59. The summed E-state index contributed by atoms with van der Waals surface area (Å²) in [6.07, 6.45) is 0.150. The zero-order valence-corrected chi connectivity index (χ0v) is 22.2. The van der Waals surface area contributed by atoms with Gasteiger partial charge >= 0.3 is 5.97 Å². The molecule has 0 unspecified atom stereocenters. The Kier molecular flexibility index (Phi) is 6.89. The van der Waals surface area contributed by atoms with Crippen molar-refractivity contribution in [3.8, 4) is 11.1 Å². The molecule has 37 heavy (non-hydrogen) atoms. The third-order valence-electron chi connectivity index (χ3n) is 6.65. The number of hydrazone groups is 1.